The van der Waals surface area contributed by atoms with Crippen molar-refractivity contribution >= 4 is 27.7 Å². The fourth-order valence-electron chi connectivity index (χ4n) is 0.923. The smallest absolute Gasteiger partial charge is 0.343 e. The molecule has 1 aromatic heterocycles. The average Bonchev–Trinajstić information content (AvgIpc) is 2.47. The highest BCUT2D eigenvalue weighted by molar-refractivity contribution is 9.08. The molecule has 0 fully saturated rings. The number of nitrogens with one attached hydrogen (secondary N) is 1. The minimum Gasteiger partial charge on any atom is -0.462 e. The maximum absolute atomic E-state index is 11.3. The molecule has 0 aliphatic heterocycles. The molecule has 0 bridgehead atoms. The van der Waals surface area contributed by atoms with Gasteiger partial charge in [0, 0.05) is 5.33 Å². The summed E-state index contributed by atoms with van der Waals surface area (Å²) in [7, 11) is 0. The zero-order chi connectivity index (χ0) is 9.84. The van der Waals surface area contributed by atoms with Gasteiger partial charge < -0.3 is 10.5 Å². The molecule has 0 aliphatic carbocycles. The van der Waals surface area contributed by atoms with Crippen LogP contribution in [0.2, 0.25) is 0 Å². The number of aromatic nitrogens is 2. The Labute approximate surface area is 83.8 Å². The number of ether oxygens (including phenoxy) is 1. The molecule has 0 aromatic carbocycles. The topological polar surface area (TPSA) is 81.0 Å². The summed E-state index contributed by atoms with van der Waals surface area (Å²) in [6.45, 7) is 2.06. The van der Waals surface area contributed by atoms with Crippen molar-refractivity contribution in [1.29, 1.82) is 0 Å². The van der Waals surface area contributed by atoms with E-state index in [9.17, 15) is 4.79 Å². The second-order valence-electron chi connectivity index (χ2n) is 2.31. The number of carbonyl (C=O) groups excluding carboxylic acids is 1. The van der Waals surface area contributed by atoms with Crippen LogP contribution in [0.5, 0.6) is 0 Å². The van der Waals surface area contributed by atoms with Crippen molar-refractivity contribution in [2.75, 3.05) is 12.3 Å². The van der Waals surface area contributed by atoms with Gasteiger partial charge in [-0.3, -0.25) is 5.10 Å². The van der Waals surface area contributed by atoms with Gasteiger partial charge in [-0.1, -0.05) is 15.9 Å². The lowest BCUT2D eigenvalue weighted by Gasteiger charge is -2.00. The Morgan fingerprint density at radius 3 is 3.00 bits per heavy atom. The van der Waals surface area contributed by atoms with E-state index in [0.717, 1.165) is 0 Å². The summed E-state index contributed by atoms with van der Waals surface area (Å²) in [5, 5.41) is 6.83. The number of hydrogen-bond acceptors (Lipinski definition) is 4. The molecule has 72 valence electrons. The van der Waals surface area contributed by atoms with Crippen molar-refractivity contribution in [1.82, 2.24) is 10.2 Å². The number of nitrogen functional groups attached to an aromatic ring is 1. The minimum absolute atomic E-state index is 0.243. The zero-order valence-corrected chi connectivity index (χ0v) is 8.72. The largest absolute Gasteiger partial charge is 0.462 e. The van der Waals surface area contributed by atoms with E-state index < -0.39 is 5.97 Å². The van der Waals surface area contributed by atoms with Gasteiger partial charge in [0.25, 0.3) is 0 Å². The zero-order valence-electron chi connectivity index (χ0n) is 7.13. The number of nitrogens with zero attached hydrogens (tertiary/aromatic N) is 1. The number of nitrogens with two attached hydrogens (primary N) is 1. The molecule has 0 radical (unpaired) electrons. The fraction of sp³-hybridized carbons (Fsp3) is 0.429. The summed E-state index contributed by atoms with van der Waals surface area (Å²) in [6, 6.07) is 0. The van der Waals surface area contributed by atoms with Gasteiger partial charge in [-0.2, -0.15) is 5.10 Å². The monoisotopic (exact) mass is 247 g/mol. The maximum atomic E-state index is 11.3. The van der Waals surface area contributed by atoms with Crippen LogP contribution in [-0.2, 0) is 10.1 Å². The van der Waals surface area contributed by atoms with Gasteiger partial charge in [0.1, 0.15) is 11.4 Å². The third-order valence-electron chi connectivity index (χ3n) is 1.48. The van der Waals surface area contributed by atoms with Crippen molar-refractivity contribution in [3.05, 3.63) is 11.3 Å². The van der Waals surface area contributed by atoms with Crippen LogP contribution in [0.1, 0.15) is 23.0 Å². The van der Waals surface area contributed by atoms with E-state index in [1.807, 2.05) is 0 Å². The molecule has 1 rings (SSSR count). The normalized spacial score (nSPS) is 10.0. The third-order valence-corrected chi connectivity index (χ3v) is 2.01. The highest BCUT2D eigenvalue weighted by Crippen LogP contribution is 2.16. The molecule has 0 unspecified atom stereocenters. The van der Waals surface area contributed by atoms with Crippen molar-refractivity contribution < 1.29 is 9.53 Å². The van der Waals surface area contributed by atoms with Crippen LogP contribution in [0, 0.1) is 0 Å². The van der Waals surface area contributed by atoms with Crippen LogP contribution in [0.25, 0.3) is 0 Å². The van der Waals surface area contributed by atoms with E-state index in [4.69, 9.17) is 10.5 Å². The SMILES string of the molecule is CCOC(=O)c1c(CBr)n[nH]c1N. The predicted molar refractivity (Wildman–Crippen MR) is 51.6 cm³/mol. The van der Waals surface area contributed by atoms with Gasteiger partial charge in [0.2, 0.25) is 0 Å². The number of anilines is 1. The number of esters is 1. The van der Waals surface area contributed by atoms with Gasteiger partial charge in [0.05, 0.1) is 12.3 Å². The number of carbonyl (C=O) groups is 1. The quantitative estimate of drug-likeness (QED) is 0.619. The number of rotatable bonds is 3. The summed E-state index contributed by atoms with van der Waals surface area (Å²) in [5.41, 5.74) is 6.39. The molecule has 0 atom stereocenters. The van der Waals surface area contributed by atoms with Crippen molar-refractivity contribution in [3.8, 4) is 0 Å². The van der Waals surface area contributed by atoms with Crippen LogP contribution in [0.4, 0.5) is 5.82 Å². The number of aromatic amines is 1. The molecule has 13 heavy (non-hydrogen) atoms. The van der Waals surface area contributed by atoms with E-state index in [0.29, 0.717) is 23.2 Å². The molecule has 0 saturated carbocycles. The lowest BCUT2D eigenvalue weighted by Crippen LogP contribution is -2.08. The summed E-state index contributed by atoms with van der Waals surface area (Å²) in [5.74, 6) is -0.198. The fourth-order valence-corrected chi connectivity index (χ4v) is 1.33. The first kappa shape index (κ1) is 10.0. The minimum atomic E-state index is -0.441. The van der Waals surface area contributed by atoms with E-state index >= 15 is 0 Å². The van der Waals surface area contributed by atoms with Crippen molar-refractivity contribution in [2.45, 2.75) is 12.3 Å². The standard InChI is InChI=1S/C7H10BrN3O2/c1-2-13-7(12)5-4(3-8)10-11-6(5)9/h2-3H2,1H3,(H3,9,10,11). The lowest BCUT2D eigenvalue weighted by atomic mass is 10.2. The van der Waals surface area contributed by atoms with E-state index in [1.165, 1.54) is 0 Å². The lowest BCUT2D eigenvalue weighted by molar-refractivity contribution is 0.0527. The van der Waals surface area contributed by atoms with E-state index in [1.54, 1.807) is 6.92 Å². The van der Waals surface area contributed by atoms with Crippen LogP contribution < -0.4 is 5.73 Å². The molecule has 5 nitrogen and oxygen atoms in total. The highest BCUT2D eigenvalue weighted by Gasteiger charge is 2.18. The first-order valence-corrected chi connectivity index (χ1v) is 4.88. The van der Waals surface area contributed by atoms with Crippen LogP contribution >= 0.6 is 15.9 Å². The summed E-state index contributed by atoms with van der Waals surface area (Å²) in [4.78, 5) is 11.3. The van der Waals surface area contributed by atoms with Crippen LogP contribution in [0.3, 0.4) is 0 Å². The number of H-pyrrole nitrogens is 1. The Morgan fingerprint density at radius 1 is 1.77 bits per heavy atom. The van der Waals surface area contributed by atoms with Crippen LogP contribution in [0.15, 0.2) is 0 Å². The molecule has 1 aromatic rings. The molecular formula is C7H10BrN3O2. The Morgan fingerprint density at radius 2 is 2.46 bits per heavy atom. The van der Waals surface area contributed by atoms with Gasteiger partial charge in [0.15, 0.2) is 0 Å². The van der Waals surface area contributed by atoms with Crippen molar-refractivity contribution in [3.63, 3.8) is 0 Å². The van der Waals surface area contributed by atoms with Crippen molar-refractivity contribution in [2.24, 2.45) is 0 Å². The Hall–Kier alpha value is -1.04. The second-order valence-corrected chi connectivity index (χ2v) is 2.87. The van der Waals surface area contributed by atoms with E-state index in [2.05, 4.69) is 26.1 Å². The predicted octanol–water partition coefficient (Wildman–Crippen LogP) is 1.06. The second kappa shape index (κ2) is 4.27. The number of halogens is 1. The van der Waals surface area contributed by atoms with Gasteiger partial charge in [-0.25, -0.2) is 4.79 Å². The van der Waals surface area contributed by atoms with E-state index in [-0.39, 0.29) is 5.82 Å². The Balaban J connectivity index is 2.96. The molecule has 6 heteroatoms. The molecule has 0 spiro atoms. The van der Waals surface area contributed by atoms with Gasteiger partial charge in [-0.15, -0.1) is 0 Å². The molecule has 0 aliphatic rings. The average molecular weight is 248 g/mol. The number of hydrogen-bond donors (Lipinski definition) is 2. The first-order valence-electron chi connectivity index (χ1n) is 3.76. The number of alkyl halides is 1. The maximum Gasteiger partial charge on any atom is 0.343 e. The molecule has 3 N–H and O–H groups in total. The molecular weight excluding hydrogens is 238 g/mol. The summed E-state index contributed by atoms with van der Waals surface area (Å²) in [6.07, 6.45) is 0. The Bertz CT molecular complexity index is 311. The van der Waals surface area contributed by atoms with Crippen LogP contribution in [-0.4, -0.2) is 22.8 Å². The first-order chi connectivity index (χ1) is 6.20. The molecule has 0 saturated heterocycles. The van der Waals surface area contributed by atoms with Gasteiger partial charge >= 0.3 is 5.97 Å². The molecule has 1 heterocycles. The molecule has 0 amide bonds. The highest BCUT2D eigenvalue weighted by atomic mass is 79.9. The Kier molecular flexibility index (Phi) is 3.30. The summed E-state index contributed by atoms with van der Waals surface area (Å²) >= 11 is 3.20. The van der Waals surface area contributed by atoms with Gasteiger partial charge in [-0.05, 0) is 6.92 Å². The third kappa shape index (κ3) is 2.00. The summed E-state index contributed by atoms with van der Waals surface area (Å²) < 4.78 is 4.81.